The molecule has 132 valence electrons. The number of aryl methyl sites for hydroxylation is 1. The zero-order valence-corrected chi connectivity index (χ0v) is 16.0. The minimum Gasteiger partial charge on any atom is -0.384 e. The average molecular weight is 362 g/mol. The number of anilines is 1. The molecule has 0 spiro atoms. The van der Waals surface area contributed by atoms with Gasteiger partial charge in [0, 0.05) is 11.8 Å². The van der Waals surface area contributed by atoms with Gasteiger partial charge in [0.1, 0.15) is 10.8 Å². The molecule has 2 aromatic heterocycles. The maximum atomic E-state index is 5.57. The van der Waals surface area contributed by atoms with E-state index in [0.717, 1.165) is 28.4 Å². The van der Waals surface area contributed by atoms with Crippen molar-refractivity contribution in [3.8, 4) is 11.8 Å². The largest absolute Gasteiger partial charge is 0.384 e. The Morgan fingerprint density at radius 1 is 1.27 bits per heavy atom. The minimum atomic E-state index is 0.504. The molecule has 2 heterocycles. The Labute approximate surface area is 159 Å². The van der Waals surface area contributed by atoms with Crippen LogP contribution < -0.4 is 5.73 Å². The van der Waals surface area contributed by atoms with Crippen molar-refractivity contribution >= 4 is 33.4 Å². The Bertz CT molecular complexity index is 958. The topological polar surface area (TPSA) is 51.8 Å². The Kier molecular flexibility index (Phi) is 6.04. The van der Waals surface area contributed by atoms with Crippen molar-refractivity contribution in [1.82, 2.24) is 9.97 Å². The van der Waals surface area contributed by atoms with Gasteiger partial charge in [0.2, 0.25) is 0 Å². The van der Waals surface area contributed by atoms with E-state index in [1.54, 1.807) is 23.6 Å². The first-order valence-corrected chi connectivity index (χ1v) is 9.75. The molecule has 1 atom stereocenters. The molecular formula is C22H23N3S. The quantitative estimate of drug-likeness (QED) is 0.626. The highest BCUT2D eigenvalue weighted by molar-refractivity contribution is 7.19. The number of nitrogen functional groups attached to an aromatic ring is 1. The van der Waals surface area contributed by atoms with E-state index < -0.39 is 0 Å². The van der Waals surface area contributed by atoms with Crippen LogP contribution in [0.25, 0.3) is 16.3 Å². The monoisotopic (exact) mass is 361 g/mol. The van der Waals surface area contributed by atoms with Crippen molar-refractivity contribution in [1.29, 1.82) is 0 Å². The van der Waals surface area contributed by atoms with Crippen LogP contribution >= 0.6 is 11.3 Å². The molecule has 0 aliphatic rings. The molecule has 0 fully saturated rings. The van der Waals surface area contributed by atoms with Crippen LogP contribution in [0, 0.1) is 17.8 Å². The van der Waals surface area contributed by atoms with E-state index in [4.69, 9.17) is 5.73 Å². The van der Waals surface area contributed by atoms with Gasteiger partial charge in [-0.15, -0.1) is 11.3 Å². The molecule has 0 saturated carbocycles. The number of nitrogens with zero attached hydrogens (tertiary/aromatic N) is 2. The lowest BCUT2D eigenvalue weighted by molar-refractivity contribution is 0.517. The normalized spacial score (nSPS) is 12.2. The fourth-order valence-electron chi connectivity index (χ4n) is 2.55. The van der Waals surface area contributed by atoms with Crippen molar-refractivity contribution in [2.24, 2.45) is 5.92 Å². The number of thiazole rings is 1. The number of hydrogen-bond donors (Lipinski definition) is 1. The first-order chi connectivity index (χ1) is 12.6. The maximum absolute atomic E-state index is 5.57. The summed E-state index contributed by atoms with van der Waals surface area (Å²) < 4.78 is 1.24. The Balaban J connectivity index is 1.68. The van der Waals surface area contributed by atoms with Crippen LogP contribution in [0.2, 0.25) is 0 Å². The standard InChI is InChI=1S/C22H23N3S/c1-3-16(2)8-9-17-10-12-19-20(14-17)26-22(25-19)7-5-4-6-18-11-13-21(23)24-15-18/h5,7,10-16H,3,8-9H2,1-2H3,(H2,23,24)/b7-5+. The highest BCUT2D eigenvalue weighted by Gasteiger charge is 2.04. The fourth-order valence-corrected chi connectivity index (χ4v) is 3.48. The van der Waals surface area contributed by atoms with Gasteiger partial charge in [-0.2, -0.15) is 0 Å². The molecule has 3 rings (SSSR count). The van der Waals surface area contributed by atoms with Crippen LogP contribution in [0.3, 0.4) is 0 Å². The SMILES string of the molecule is CCC(C)CCc1ccc2nc(/C=C/C#Cc3ccc(N)nc3)sc2c1. The summed E-state index contributed by atoms with van der Waals surface area (Å²) >= 11 is 1.71. The Morgan fingerprint density at radius 3 is 2.92 bits per heavy atom. The number of fused-ring (bicyclic) bond motifs is 1. The molecule has 0 bridgehead atoms. The molecule has 1 aromatic carbocycles. The van der Waals surface area contributed by atoms with E-state index in [2.05, 4.69) is 53.9 Å². The third-order valence-corrected chi connectivity index (χ3v) is 5.39. The molecule has 1 unspecified atom stereocenters. The molecular weight excluding hydrogens is 338 g/mol. The van der Waals surface area contributed by atoms with Gasteiger partial charge in [0.15, 0.2) is 0 Å². The Hall–Kier alpha value is -2.64. The molecule has 0 radical (unpaired) electrons. The van der Waals surface area contributed by atoms with Crippen LogP contribution in [0.5, 0.6) is 0 Å². The lowest BCUT2D eigenvalue weighted by atomic mass is 9.99. The number of benzene rings is 1. The van der Waals surface area contributed by atoms with Gasteiger partial charge in [-0.25, -0.2) is 9.97 Å². The minimum absolute atomic E-state index is 0.504. The second-order valence-electron chi connectivity index (χ2n) is 6.48. The summed E-state index contributed by atoms with van der Waals surface area (Å²) in [5.74, 6) is 7.34. The van der Waals surface area contributed by atoms with Crippen LogP contribution in [0.15, 0.2) is 42.6 Å². The van der Waals surface area contributed by atoms with Gasteiger partial charge in [-0.1, -0.05) is 38.2 Å². The van der Waals surface area contributed by atoms with Crippen molar-refractivity contribution in [3.63, 3.8) is 0 Å². The summed E-state index contributed by atoms with van der Waals surface area (Å²) in [4.78, 5) is 8.68. The lowest BCUT2D eigenvalue weighted by Gasteiger charge is -2.07. The van der Waals surface area contributed by atoms with Gasteiger partial charge in [-0.3, -0.25) is 0 Å². The van der Waals surface area contributed by atoms with Crippen LogP contribution in [-0.2, 0) is 6.42 Å². The van der Waals surface area contributed by atoms with E-state index in [9.17, 15) is 0 Å². The van der Waals surface area contributed by atoms with Gasteiger partial charge in [-0.05, 0) is 60.7 Å². The molecule has 0 saturated heterocycles. The number of rotatable bonds is 5. The number of allylic oxidation sites excluding steroid dienone is 1. The van der Waals surface area contributed by atoms with Gasteiger partial charge < -0.3 is 5.73 Å². The number of pyridine rings is 1. The summed E-state index contributed by atoms with van der Waals surface area (Å²) in [7, 11) is 0. The van der Waals surface area contributed by atoms with E-state index in [1.807, 2.05) is 18.2 Å². The van der Waals surface area contributed by atoms with E-state index in [-0.39, 0.29) is 0 Å². The molecule has 4 heteroatoms. The summed E-state index contributed by atoms with van der Waals surface area (Å²) in [6.45, 7) is 4.57. The third kappa shape index (κ3) is 4.93. The molecule has 0 aliphatic carbocycles. The van der Waals surface area contributed by atoms with Crippen LogP contribution in [0.4, 0.5) is 5.82 Å². The number of nitrogens with two attached hydrogens (primary N) is 1. The van der Waals surface area contributed by atoms with Crippen LogP contribution in [-0.4, -0.2) is 9.97 Å². The smallest absolute Gasteiger partial charge is 0.123 e. The average Bonchev–Trinajstić information content (AvgIpc) is 3.06. The summed E-state index contributed by atoms with van der Waals surface area (Å²) in [5.41, 5.74) is 8.86. The molecule has 0 aliphatic heterocycles. The van der Waals surface area contributed by atoms with E-state index in [0.29, 0.717) is 5.82 Å². The number of aromatic nitrogens is 2. The second-order valence-corrected chi connectivity index (χ2v) is 7.54. The first-order valence-electron chi connectivity index (χ1n) is 8.93. The van der Waals surface area contributed by atoms with Crippen molar-refractivity contribution in [2.45, 2.75) is 33.1 Å². The molecule has 3 nitrogen and oxygen atoms in total. The maximum Gasteiger partial charge on any atom is 0.123 e. The zero-order valence-electron chi connectivity index (χ0n) is 15.2. The van der Waals surface area contributed by atoms with Crippen molar-refractivity contribution in [2.75, 3.05) is 5.73 Å². The third-order valence-electron chi connectivity index (χ3n) is 4.40. The fraction of sp³-hybridized carbons (Fsp3) is 0.273. The zero-order chi connectivity index (χ0) is 18.4. The summed E-state index contributed by atoms with van der Waals surface area (Å²) in [5, 5.41) is 0.976. The highest BCUT2D eigenvalue weighted by Crippen LogP contribution is 2.25. The van der Waals surface area contributed by atoms with E-state index >= 15 is 0 Å². The first kappa shape index (κ1) is 18.2. The molecule has 3 aromatic rings. The van der Waals surface area contributed by atoms with Crippen molar-refractivity contribution < 1.29 is 0 Å². The highest BCUT2D eigenvalue weighted by atomic mass is 32.1. The molecule has 2 N–H and O–H groups in total. The van der Waals surface area contributed by atoms with Gasteiger partial charge in [0.05, 0.1) is 10.2 Å². The van der Waals surface area contributed by atoms with E-state index in [1.165, 1.54) is 23.1 Å². The lowest BCUT2D eigenvalue weighted by Crippen LogP contribution is -1.95. The van der Waals surface area contributed by atoms with Crippen LogP contribution in [0.1, 0.15) is 42.8 Å². The van der Waals surface area contributed by atoms with Crippen molar-refractivity contribution in [3.05, 3.63) is 58.7 Å². The predicted molar refractivity (Wildman–Crippen MR) is 112 cm³/mol. The van der Waals surface area contributed by atoms with Gasteiger partial charge >= 0.3 is 0 Å². The predicted octanol–water partition coefficient (Wildman–Crippen LogP) is 5.32. The molecule has 26 heavy (non-hydrogen) atoms. The Morgan fingerprint density at radius 2 is 2.15 bits per heavy atom. The van der Waals surface area contributed by atoms with Gasteiger partial charge in [0.25, 0.3) is 0 Å². The number of hydrogen-bond acceptors (Lipinski definition) is 4. The second kappa shape index (κ2) is 8.64. The summed E-state index contributed by atoms with van der Waals surface area (Å²) in [6, 6.07) is 10.2. The molecule has 0 amide bonds. The summed E-state index contributed by atoms with van der Waals surface area (Å²) in [6.07, 6.45) is 9.08.